The summed E-state index contributed by atoms with van der Waals surface area (Å²) in [6.45, 7) is 2.85. The van der Waals surface area contributed by atoms with Crippen LogP contribution in [0, 0.1) is 11.8 Å². The van der Waals surface area contributed by atoms with Gasteiger partial charge in [0.15, 0.2) is 0 Å². The van der Waals surface area contributed by atoms with Crippen LogP contribution in [0.5, 0.6) is 0 Å². The van der Waals surface area contributed by atoms with Gasteiger partial charge in [-0.15, -0.1) is 0 Å². The lowest BCUT2D eigenvalue weighted by Gasteiger charge is -2.29. The average molecular weight is 298 g/mol. The van der Waals surface area contributed by atoms with E-state index in [1.54, 1.807) is 7.11 Å². The van der Waals surface area contributed by atoms with Crippen LogP contribution in [0.4, 0.5) is 4.79 Å². The third-order valence-corrected chi connectivity index (χ3v) is 4.44. The number of likely N-dealkylation sites (tertiary alicyclic amines) is 1. The van der Waals surface area contributed by atoms with E-state index in [-0.39, 0.29) is 18.5 Å². The number of nitrogens with one attached hydrogen (secondary N) is 2. The van der Waals surface area contributed by atoms with Crippen LogP contribution < -0.4 is 16.4 Å². The predicted octanol–water partition coefficient (Wildman–Crippen LogP) is -0.482. The molecule has 0 aromatic carbocycles. The zero-order valence-corrected chi connectivity index (χ0v) is 12.6. The fourth-order valence-corrected chi connectivity index (χ4v) is 3.42. The molecular formula is C14H26N4O3. The largest absolute Gasteiger partial charge is 0.383 e. The number of rotatable bonds is 5. The number of carbonyl (C=O) groups is 2. The van der Waals surface area contributed by atoms with Crippen molar-refractivity contribution in [2.75, 3.05) is 39.9 Å². The van der Waals surface area contributed by atoms with E-state index in [0.717, 1.165) is 19.5 Å². The lowest BCUT2D eigenvalue weighted by molar-refractivity contribution is -0.121. The lowest BCUT2D eigenvalue weighted by atomic mass is 9.78. The molecule has 3 unspecified atom stereocenters. The highest BCUT2D eigenvalue weighted by Crippen LogP contribution is 2.35. The van der Waals surface area contributed by atoms with Crippen molar-refractivity contribution >= 4 is 11.9 Å². The molecule has 0 spiro atoms. The van der Waals surface area contributed by atoms with E-state index in [0.29, 0.717) is 25.0 Å². The Balaban J connectivity index is 1.70. The Bertz CT molecular complexity index is 377. The molecule has 7 nitrogen and oxygen atoms in total. The topological polar surface area (TPSA) is 96.7 Å². The van der Waals surface area contributed by atoms with Crippen LogP contribution in [-0.4, -0.2) is 62.8 Å². The van der Waals surface area contributed by atoms with Crippen LogP contribution in [0.15, 0.2) is 0 Å². The molecule has 2 aliphatic rings. The van der Waals surface area contributed by atoms with E-state index in [1.165, 1.54) is 12.8 Å². The van der Waals surface area contributed by atoms with Crippen molar-refractivity contribution in [3.05, 3.63) is 0 Å². The fourth-order valence-electron chi connectivity index (χ4n) is 3.42. The third kappa shape index (κ3) is 4.66. The second kappa shape index (κ2) is 7.72. The van der Waals surface area contributed by atoms with Gasteiger partial charge in [-0.05, 0) is 24.7 Å². The van der Waals surface area contributed by atoms with Gasteiger partial charge in [0, 0.05) is 32.8 Å². The number of nitrogens with zero attached hydrogens (tertiary/aromatic N) is 1. The summed E-state index contributed by atoms with van der Waals surface area (Å²) in [4.78, 5) is 25.4. The number of hydrogen-bond donors (Lipinski definition) is 3. The summed E-state index contributed by atoms with van der Waals surface area (Å²) in [5, 5.41) is 4.90. The Hall–Kier alpha value is -1.18. The number of amides is 3. The first-order chi connectivity index (χ1) is 10.1. The molecule has 0 radical (unpaired) electrons. The summed E-state index contributed by atoms with van der Waals surface area (Å²) in [5.74, 6) is 0.844. The van der Waals surface area contributed by atoms with Gasteiger partial charge in [-0.1, -0.05) is 6.42 Å². The molecular weight excluding hydrogens is 272 g/mol. The molecule has 1 aliphatic heterocycles. The van der Waals surface area contributed by atoms with E-state index in [1.807, 2.05) is 0 Å². The van der Waals surface area contributed by atoms with Gasteiger partial charge in [0.1, 0.15) is 0 Å². The molecule has 1 saturated carbocycles. The first-order valence-corrected chi connectivity index (χ1v) is 7.64. The van der Waals surface area contributed by atoms with Crippen LogP contribution in [0.3, 0.4) is 0 Å². The van der Waals surface area contributed by atoms with E-state index >= 15 is 0 Å². The first kappa shape index (κ1) is 16.2. The maximum absolute atomic E-state index is 11.9. The zero-order valence-electron chi connectivity index (χ0n) is 12.6. The average Bonchev–Trinajstić information content (AvgIpc) is 2.82. The minimum Gasteiger partial charge on any atom is -0.383 e. The molecule has 2 fully saturated rings. The van der Waals surface area contributed by atoms with Gasteiger partial charge >= 0.3 is 6.03 Å². The molecule has 1 aliphatic carbocycles. The fraction of sp³-hybridized carbons (Fsp3) is 0.857. The van der Waals surface area contributed by atoms with Crippen molar-refractivity contribution in [3.63, 3.8) is 0 Å². The van der Waals surface area contributed by atoms with E-state index < -0.39 is 6.03 Å². The molecule has 120 valence electrons. The van der Waals surface area contributed by atoms with Crippen LogP contribution in [0.1, 0.15) is 19.3 Å². The zero-order chi connectivity index (χ0) is 15.2. The van der Waals surface area contributed by atoms with Crippen LogP contribution in [-0.2, 0) is 9.53 Å². The Kier molecular flexibility index (Phi) is 5.96. The second-order valence-corrected chi connectivity index (χ2v) is 6.01. The molecule has 21 heavy (non-hydrogen) atoms. The molecule has 1 saturated heterocycles. The summed E-state index contributed by atoms with van der Waals surface area (Å²) in [7, 11) is 1.56. The molecule has 0 bridgehead atoms. The number of methoxy groups -OCH3 is 1. The SMILES string of the molecule is COCCNC(=O)NC(=O)CN1CC2CCCC(N)C2C1. The summed E-state index contributed by atoms with van der Waals surface area (Å²) in [6.07, 6.45) is 3.47. The number of nitrogens with two attached hydrogens (primary N) is 1. The van der Waals surface area contributed by atoms with Gasteiger partial charge in [0.2, 0.25) is 5.91 Å². The minimum absolute atomic E-state index is 0.258. The smallest absolute Gasteiger partial charge is 0.321 e. The quantitative estimate of drug-likeness (QED) is 0.596. The minimum atomic E-state index is -0.467. The van der Waals surface area contributed by atoms with Crippen molar-refractivity contribution in [1.29, 1.82) is 0 Å². The Morgan fingerprint density at radius 1 is 1.33 bits per heavy atom. The normalized spacial score (nSPS) is 29.0. The Labute approximate surface area is 125 Å². The number of imide groups is 1. The third-order valence-electron chi connectivity index (χ3n) is 4.44. The second-order valence-electron chi connectivity index (χ2n) is 6.01. The Morgan fingerprint density at radius 2 is 2.14 bits per heavy atom. The number of ether oxygens (including phenoxy) is 1. The van der Waals surface area contributed by atoms with Crippen molar-refractivity contribution in [3.8, 4) is 0 Å². The highest BCUT2D eigenvalue weighted by molar-refractivity contribution is 5.95. The number of fused-ring (bicyclic) bond motifs is 1. The van der Waals surface area contributed by atoms with Gasteiger partial charge in [0.25, 0.3) is 0 Å². The summed E-state index contributed by atoms with van der Waals surface area (Å²) >= 11 is 0. The maximum Gasteiger partial charge on any atom is 0.321 e. The molecule has 2 rings (SSSR count). The van der Waals surface area contributed by atoms with Gasteiger partial charge in [-0.3, -0.25) is 15.0 Å². The highest BCUT2D eigenvalue weighted by atomic mass is 16.5. The van der Waals surface area contributed by atoms with Gasteiger partial charge < -0.3 is 15.8 Å². The molecule has 7 heteroatoms. The number of carbonyl (C=O) groups excluding carboxylic acids is 2. The monoisotopic (exact) mass is 298 g/mol. The van der Waals surface area contributed by atoms with Crippen molar-refractivity contribution in [2.24, 2.45) is 17.6 Å². The molecule has 0 aromatic heterocycles. The highest BCUT2D eigenvalue weighted by Gasteiger charge is 2.39. The summed E-state index contributed by atoms with van der Waals surface area (Å²) in [6, 6.07) is -0.209. The maximum atomic E-state index is 11.9. The molecule has 0 aromatic rings. The van der Waals surface area contributed by atoms with Crippen molar-refractivity contribution < 1.29 is 14.3 Å². The molecule has 4 N–H and O–H groups in total. The Morgan fingerprint density at radius 3 is 2.86 bits per heavy atom. The van der Waals surface area contributed by atoms with Crippen molar-refractivity contribution in [2.45, 2.75) is 25.3 Å². The van der Waals surface area contributed by atoms with Crippen LogP contribution in [0.2, 0.25) is 0 Å². The van der Waals surface area contributed by atoms with Crippen LogP contribution in [0.25, 0.3) is 0 Å². The number of hydrogen-bond acceptors (Lipinski definition) is 5. The first-order valence-electron chi connectivity index (χ1n) is 7.64. The predicted molar refractivity (Wildman–Crippen MR) is 78.7 cm³/mol. The van der Waals surface area contributed by atoms with Gasteiger partial charge in [-0.25, -0.2) is 4.79 Å². The molecule has 3 atom stereocenters. The van der Waals surface area contributed by atoms with Crippen LogP contribution >= 0.6 is 0 Å². The molecule has 3 amide bonds. The van der Waals surface area contributed by atoms with Gasteiger partial charge in [-0.2, -0.15) is 0 Å². The van der Waals surface area contributed by atoms with E-state index in [2.05, 4.69) is 15.5 Å². The number of urea groups is 1. The van der Waals surface area contributed by atoms with E-state index in [9.17, 15) is 9.59 Å². The van der Waals surface area contributed by atoms with Crippen molar-refractivity contribution in [1.82, 2.24) is 15.5 Å². The lowest BCUT2D eigenvalue weighted by Crippen LogP contribution is -2.45. The summed E-state index contributed by atoms with van der Waals surface area (Å²) in [5.41, 5.74) is 6.16. The summed E-state index contributed by atoms with van der Waals surface area (Å²) < 4.78 is 4.82. The van der Waals surface area contributed by atoms with Gasteiger partial charge in [0.05, 0.1) is 13.2 Å². The van der Waals surface area contributed by atoms with E-state index in [4.69, 9.17) is 10.5 Å². The molecule has 1 heterocycles. The standard InChI is InChI=1S/C14H26N4O3/c1-21-6-5-16-14(20)17-13(19)9-18-7-10-3-2-4-12(15)11(10)8-18/h10-12H,2-9,15H2,1H3,(H2,16,17,19,20).